The summed E-state index contributed by atoms with van der Waals surface area (Å²) in [5.41, 5.74) is 3.79. The number of aromatic amines is 1. The first kappa shape index (κ1) is 24.8. The second-order valence-electron chi connectivity index (χ2n) is 8.69. The molecule has 2 N–H and O–H groups in total. The molecule has 0 saturated carbocycles. The number of anilines is 1. The molecular weight excluding hydrogens is 534 g/mol. The second-order valence-corrected chi connectivity index (χ2v) is 10.7. The van der Waals surface area contributed by atoms with E-state index in [-0.39, 0.29) is 4.91 Å². The van der Waals surface area contributed by atoms with Gasteiger partial charge in [0.05, 0.1) is 15.5 Å². The van der Waals surface area contributed by atoms with Crippen LogP contribution in [0.25, 0.3) is 23.1 Å². The van der Waals surface area contributed by atoms with Gasteiger partial charge in [0, 0.05) is 22.7 Å². The van der Waals surface area contributed by atoms with Gasteiger partial charge in [0.1, 0.15) is 12.4 Å². The lowest BCUT2D eigenvalue weighted by Crippen LogP contribution is -2.27. The number of hydrogen-bond donors (Lipinski definition) is 2. The van der Waals surface area contributed by atoms with Gasteiger partial charge in [-0.05, 0) is 77.1 Å². The van der Waals surface area contributed by atoms with Crippen LogP contribution in [0.15, 0.2) is 88.8 Å². The predicted octanol–water partition coefficient (Wildman–Crippen LogP) is 6.31. The minimum absolute atomic E-state index is 0.286. The first-order chi connectivity index (χ1) is 18.9. The number of benzene rings is 3. The monoisotopic (exact) mass is 553 g/mol. The summed E-state index contributed by atoms with van der Waals surface area (Å²) in [5, 5.41) is 2.26. The van der Waals surface area contributed by atoms with Gasteiger partial charge in [-0.15, -0.1) is 0 Å². The Morgan fingerprint density at radius 1 is 0.846 bits per heavy atom. The number of nitrogens with zero attached hydrogens (tertiary/aromatic N) is 1. The first-order valence-electron chi connectivity index (χ1n) is 11.9. The fraction of sp³-hybridized carbons (Fsp3) is 0.0345. The van der Waals surface area contributed by atoms with Gasteiger partial charge >= 0.3 is 0 Å². The number of carbonyl (C=O) groups excluding carboxylic acids is 4. The van der Waals surface area contributed by atoms with Crippen molar-refractivity contribution in [3.05, 3.63) is 105 Å². The molecule has 0 bridgehead atoms. The van der Waals surface area contributed by atoms with Crippen LogP contribution in [0.4, 0.5) is 15.3 Å². The zero-order valence-corrected chi connectivity index (χ0v) is 21.8. The molecule has 0 radical (unpaired) electrons. The van der Waals surface area contributed by atoms with E-state index in [4.69, 9.17) is 4.74 Å². The van der Waals surface area contributed by atoms with E-state index in [1.165, 1.54) is 0 Å². The zero-order valence-electron chi connectivity index (χ0n) is 20.2. The maximum atomic E-state index is 13.2. The van der Waals surface area contributed by atoms with E-state index in [1.807, 2.05) is 48.5 Å². The number of ether oxygens (including phenoxy) is 1. The van der Waals surface area contributed by atoms with Crippen LogP contribution >= 0.6 is 23.5 Å². The predicted molar refractivity (Wildman–Crippen MR) is 153 cm³/mol. The van der Waals surface area contributed by atoms with Crippen molar-refractivity contribution in [2.75, 3.05) is 4.90 Å². The molecule has 2 aliphatic rings. The molecule has 8 nitrogen and oxygen atoms in total. The van der Waals surface area contributed by atoms with Gasteiger partial charge in [-0.3, -0.25) is 24.5 Å². The van der Waals surface area contributed by atoms with Gasteiger partial charge in [-0.1, -0.05) is 42.5 Å². The van der Waals surface area contributed by atoms with Crippen molar-refractivity contribution in [2.24, 2.45) is 0 Å². The van der Waals surface area contributed by atoms with Crippen LogP contribution in [0.1, 0.15) is 16.7 Å². The Bertz CT molecular complexity index is 1710. The Kier molecular flexibility index (Phi) is 6.55. The molecule has 4 aromatic rings. The van der Waals surface area contributed by atoms with E-state index in [1.54, 1.807) is 42.6 Å². The maximum Gasteiger partial charge on any atom is 0.298 e. The van der Waals surface area contributed by atoms with E-state index >= 15 is 0 Å². The Balaban J connectivity index is 1.21. The SMILES string of the molecule is O=C1NC(=O)C(=Cc2ccc(N3C(=O)SC(=Cc4c[nH]c5ccc(OCc6ccccc6)cc45)C3=O)cc2)S1. The number of thioether (sulfide) groups is 2. The number of fused-ring (bicyclic) bond motifs is 1. The van der Waals surface area contributed by atoms with Crippen LogP contribution in [0.5, 0.6) is 5.75 Å². The molecule has 0 spiro atoms. The highest BCUT2D eigenvalue weighted by atomic mass is 32.2. The van der Waals surface area contributed by atoms with Crippen LogP contribution in [0.3, 0.4) is 0 Å². The average molecular weight is 554 g/mol. The molecule has 2 aliphatic heterocycles. The van der Waals surface area contributed by atoms with Gasteiger partial charge in [0.25, 0.3) is 22.3 Å². The smallest absolute Gasteiger partial charge is 0.298 e. The Morgan fingerprint density at radius 3 is 2.38 bits per heavy atom. The third kappa shape index (κ3) is 5.12. The highest BCUT2D eigenvalue weighted by Crippen LogP contribution is 2.37. The van der Waals surface area contributed by atoms with Crippen LogP contribution in [0.2, 0.25) is 0 Å². The number of hydrogen-bond acceptors (Lipinski definition) is 7. The molecule has 0 unspecified atom stereocenters. The summed E-state index contributed by atoms with van der Waals surface area (Å²) in [5.74, 6) is -0.169. The molecular formula is C29H19N3O5S2. The topological polar surface area (TPSA) is 109 Å². The van der Waals surface area contributed by atoms with Crippen molar-refractivity contribution in [3.63, 3.8) is 0 Å². The van der Waals surface area contributed by atoms with Crippen molar-refractivity contribution in [2.45, 2.75) is 6.61 Å². The molecule has 10 heteroatoms. The first-order valence-corrected chi connectivity index (χ1v) is 13.5. The molecule has 0 atom stereocenters. The third-order valence-electron chi connectivity index (χ3n) is 6.10. The van der Waals surface area contributed by atoms with Gasteiger partial charge in [0.15, 0.2) is 0 Å². The molecule has 192 valence electrons. The molecule has 4 amide bonds. The van der Waals surface area contributed by atoms with Gasteiger partial charge in [-0.25, -0.2) is 4.90 Å². The van der Waals surface area contributed by atoms with Gasteiger partial charge < -0.3 is 9.72 Å². The second kappa shape index (κ2) is 10.3. The van der Waals surface area contributed by atoms with Gasteiger partial charge in [-0.2, -0.15) is 0 Å². The number of imide groups is 2. The van der Waals surface area contributed by atoms with Gasteiger partial charge in [0.2, 0.25) is 0 Å². The van der Waals surface area contributed by atoms with Crippen molar-refractivity contribution < 1.29 is 23.9 Å². The number of carbonyl (C=O) groups is 4. The Hall–Kier alpha value is -4.54. The van der Waals surface area contributed by atoms with E-state index < -0.39 is 22.3 Å². The molecule has 1 aromatic heterocycles. The summed E-state index contributed by atoms with van der Waals surface area (Å²) in [6.45, 7) is 0.436. The Morgan fingerprint density at radius 2 is 1.64 bits per heavy atom. The van der Waals surface area contributed by atoms with Crippen molar-refractivity contribution in [1.82, 2.24) is 10.3 Å². The average Bonchev–Trinajstić information content (AvgIpc) is 3.58. The van der Waals surface area contributed by atoms with Crippen molar-refractivity contribution in [1.29, 1.82) is 0 Å². The number of amides is 4. The van der Waals surface area contributed by atoms with Crippen LogP contribution in [0, 0.1) is 0 Å². The summed E-state index contributed by atoms with van der Waals surface area (Å²) in [6.07, 6.45) is 5.08. The standard InChI is InChI=1S/C29H19N3O5S2/c33-26-24(38-28(35)31-26)12-17-6-8-20(9-7-17)32-27(34)25(39-29(32)36)13-19-15-30-23-11-10-21(14-22(19)23)37-16-18-4-2-1-3-5-18/h1-15,30H,16H2,(H,31,33,35). The lowest BCUT2D eigenvalue weighted by Gasteiger charge is -2.12. The number of H-pyrrole nitrogens is 1. The zero-order chi connectivity index (χ0) is 26.9. The fourth-order valence-corrected chi connectivity index (χ4v) is 5.71. The van der Waals surface area contributed by atoms with E-state index in [2.05, 4.69) is 10.3 Å². The van der Waals surface area contributed by atoms with Crippen LogP contribution in [-0.2, 0) is 16.2 Å². The van der Waals surface area contributed by atoms with Crippen LogP contribution in [-0.4, -0.2) is 27.3 Å². The quantitative estimate of drug-likeness (QED) is 0.269. The molecule has 6 rings (SSSR count). The fourth-order valence-electron chi connectivity index (χ4n) is 4.20. The molecule has 2 fully saturated rings. The normalized spacial score (nSPS) is 17.6. The van der Waals surface area contributed by atoms with E-state index in [9.17, 15) is 19.2 Å². The van der Waals surface area contributed by atoms with Crippen molar-refractivity contribution >= 4 is 74.6 Å². The molecule has 39 heavy (non-hydrogen) atoms. The number of rotatable bonds is 6. The Labute approximate surface area is 231 Å². The van der Waals surface area contributed by atoms with E-state index in [0.29, 0.717) is 28.5 Å². The summed E-state index contributed by atoms with van der Waals surface area (Å²) in [4.78, 5) is 54.1. The molecule has 3 heterocycles. The van der Waals surface area contributed by atoms with E-state index in [0.717, 1.165) is 50.5 Å². The molecule has 3 aromatic carbocycles. The van der Waals surface area contributed by atoms with Crippen molar-refractivity contribution in [3.8, 4) is 5.75 Å². The summed E-state index contributed by atoms with van der Waals surface area (Å²) >= 11 is 1.70. The minimum atomic E-state index is -0.447. The number of nitrogens with one attached hydrogen (secondary N) is 2. The lowest BCUT2D eigenvalue weighted by molar-refractivity contribution is -0.115. The maximum absolute atomic E-state index is 13.2. The lowest BCUT2D eigenvalue weighted by atomic mass is 10.1. The molecule has 0 aliphatic carbocycles. The summed E-state index contributed by atoms with van der Waals surface area (Å²) in [6, 6.07) is 22.2. The number of aromatic nitrogens is 1. The highest BCUT2D eigenvalue weighted by Gasteiger charge is 2.36. The highest BCUT2D eigenvalue weighted by molar-refractivity contribution is 8.19. The molecule has 2 saturated heterocycles. The minimum Gasteiger partial charge on any atom is -0.489 e. The third-order valence-corrected chi connectivity index (χ3v) is 7.79. The summed E-state index contributed by atoms with van der Waals surface area (Å²) < 4.78 is 5.96. The summed E-state index contributed by atoms with van der Waals surface area (Å²) in [7, 11) is 0. The van der Waals surface area contributed by atoms with Crippen LogP contribution < -0.4 is 15.0 Å². The largest absolute Gasteiger partial charge is 0.489 e.